The number of ether oxygens (including phenoxy) is 2. The average Bonchev–Trinajstić information content (AvgIpc) is 2.18. The SMILES string of the molecule is NC(=O)OC[C@H]1O[C@H](O)[C@H](O)[C@@H](N)[C@@H]1O. The van der Waals surface area contributed by atoms with E-state index in [1.165, 1.54) is 0 Å². The minimum Gasteiger partial charge on any atom is -0.447 e. The average molecular weight is 222 g/mol. The van der Waals surface area contributed by atoms with Crippen LogP contribution >= 0.6 is 0 Å². The Labute approximate surface area is 85.4 Å². The lowest BCUT2D eigenvalue weighted by Crippen LogP contribution is -2.62. The van der Waals surface area contributed by atoms with Crippen LogP contribution in [0.1, 0.15) is 0 Å². The fourth-order valence-corrected chi connectivity index (χ4v) is 1.28. The Hall–Kier alpha value is -0.930. The zero-order valence-electron chi connectivity index (χ0n) is 7.81. The number of hydrogen-bond donors (Lipinski definition) is 5. The maximum Gasteiger partial charge on any atom is 0.404 e. The van der Waals surface area contributed by atoms with Crippen molar-refractivity contribution < 1.29 is 29.6 Å². The standard InChI is InChI=1S/C7H14N2O6/c8-3-4(10)2(1-14-7(9)13)15-6(12)5(3)11/h2-6,10-12H,1,8H2,(H2,9,13)/t2-,3+,4-,5-,6+/m1/s1. The van der Waals surface area contributed by atoms with Crippen molar-refractivity contribution in [3.63, 3.8) is 0 Å². The molecule has 1 heterocycles. The number of aliphatic hydroxyl groups is 3. The summed E-state index contributed by atoms with van der Waals surface area (Å²) < 4.78 is 9.16. The number of aliphatic hydroxyl groups excluding tert-OH is 3. The molecule has 8 nitrogen and oxygen atoms in total. The molecule has 0 aromatic carbocycles. The van der Waals surface area contributed by atoms with E-state index in [9.17, 15) is 15.0 Å². The molecule has 0 aromatic rings. The molecular weight excluding hydrogens is 208 g/mol. The van der Waals surface area contributed by atoms with E-state index < -0.39 is 36.7 Å². The van der Waals surface area contributed by atoms with E-state index in [0.717, 1.165) is 0 Å². The molecule has 0 unspecified atom stereocenters. The van der Waals surface area contributed by atoms with Crippen molar-refractivity contribution in [1.82, 2.24) is 0 Å². The molecule has 1 rings (SSSR count). The molecule has 7 N–H and O–H groups in total. The third kappa shape index (κ3) is 2.76. The lowest BCUT2D eigenvalue weighted by Gasteiger charge is -2.38. The first-order valence-electron chi connectivity index (χ1n) is 4.31. The van der Waals surface area contributed by atoms with Crippen LogP contribution in [0.25, 0.3) is 0 Å². The van der Waals surface area contributed by atoms with Gasteiger partial charge >= 0.3 is 6.09 Å². The molecule has 1 fully saturated rings. The van der Waals surface area contributed by atoms with Crippen molar-refractivity contribution >= 4 is 6.09 Å². The third-order valence-electron chi connectivity index (χ3n) is 2.17. The van der Waals surface area contributed by atoms with E-state index in [1.54, 1.807) is 0 Å². The zero-order valence-corrected chi connectivity index (χ0v) is 7.81. The van der Waals surface area contributed by atoms with Crippen LogP contribution in [0.4, 0.5) is 4.79 Å². The van der Waals surface area contributed by atoms with Gasteiger partial charge in [-0.2, -0.15) is 0 Å². The second-order valence-corrected chi connectivity index (χ2v) is 3.25. The second kappa shape index (κ2) is 4.73. The summed E-state index contributed by atoms with van der Waals surface area (Å²) in [5.41, 5.74) is 10.1. The smallest absolute Gasteiger partial charge is 0.404 e. The zero-order chi connectivity index (χ0) is 11.6. The number of carbonyl (C=O) groups is 1. The molecule has 1 aliphatic heterocycles. The Bertz CT molecular complexity index is 238. The van der Waals surface area contributed by atoms with E-state index in [-0.39, 0.29) is 6.61 Å². The first-order valence-corrected chi connectivity index (χ1v) is 4.31. The number of rotatable bonds is 2. The van der Waals surface area contributed by atoms with Gasteiger partial charge in [0.2, 0.25) is 0 Å². The Morgan fingerprint density at radius 3 is 2.47 bits per heavy atom. The predicted octanol–water partition coefficient (Wildman–Crippen LogP) is -3.15. The maximum atomic E-state index is 10.3. The van der Waals surface area contributed by atoms with Crippen molar-refractivity contribution in [3.8, 4) is 0 Å². The van der Waals surface area contributed by atoms with Gasteiger partial charge in [-0.15, -0.1) is 0 Å². The summed E-state index contributed by atoms with van der Waals surface area (Å²) >= 11 is 0. The normalized spacial score (nSPS) is 41.2. The molecule has 8 heteroatoms. The quantitative estimate of drug-likeness (QED) is 0.331. The van der Waals surface area contributed by atoms with E-state index in [1.807, 2.05) is 0 Å². The molecule has 15 heavy (non-hydrogen) atoms. The molecular formula is C7H14N2O6. The highest BCUT2D eigenvalue weighted by Gasteiger charge is 2.42. The highest BCUT2D eigenvalue weighted by Crippen LogP contribution is 2.18. The Kier molecular flexibility index (Phi) is 3.83. The van der Waals surface area contributed by atoms with Crippen molar-refractivity contribution in [2.24, 2.45) is 11.5 Å². The molecule has 0 radical (unpaired) electrons. The number of nitrogens with two attached hydrogens (primary N) is 2. The molecule has 5 atom stereocenters. The van der Waals surface area contributed by atoms with Crippen LogP contribution in [-0.2, 0) is 9.47 Å². The van der Waals surface area contributed by atoms with Crippen LogP contribution in [-0.4, -0.2) is 58.7 Å². The number of hydrogen-bond acceptors (Lipinski definition) is 7. The summed E-state index contributed by atoms with van der Waals surface area (Å²) in [5, 5.41) is 27.9. The van der Waals surface area contributed by atoms with Crippen molar-refractivity contribution in [2.45, 2.75) is 30.6 Å². The molecule has 0 aliphatic carbocycles. The van der Waals surface area contributed by atoms with E-state index in [2.05, 4.69) is 4.74 Å². The summed E-state index contributed by atoms with van der Waals surface area (Å²) in [4.78, 5) is 10.3. The molecule has 0 saturated carbocycles. The van der Waals surface area contributed by atoms with E-state index >= 15 is 0 Å². The molecule has 0 spiro atoms. The fourth-order valence-electron chi connectivity index (χ4n) is 1.28. The second-order valence-electron chi connectivity index (χ2n) is 3.25. The van der Waals surface area contributed by atoms with Crippen LogP contribution in [0, 0.1) is 0 Å². The fraction of sp³-hybridized carbons (Fsp3) is 0.857. The number of amides is 1. The molecule has 88 valence electrons. The van der Waals surface area contributed by atoms with Gasteiger partial charge in [0, 0.05) is 0 Å². The Morgan fingerprint density at radius 2 is 1.93 bits per heavy atom. The third-order valence-corrected chi connectivity index (χ3v) is 2.17. The molecule has 1 saturated heterocycles. The van der Waals surface area contributed by atoms with Crippen molar-refractivity contribution in [1.29, 1.82) is 0 Å². The van der Waals surface area contributed by atoms with Gasteiger partial charge in [0.15, 0.2) is 6.29 Å². The summed E-state index contributed by atoms with van der Waals surface area (Å²) in [7, 11) is 0. The summed E-state index contributed by atoms with van der Waals surface area (Å²) in [6.45, 7) is -0.339. The van der Waals surface area contributed by atoms with Gasteiger partial charge in [-0.05, 0) is 0 Å². The van der Waals surface area contributed by atoms with Crippen molar-refractivity contribution in [3.05, 3.63) is 0 Å². The van der Waals surface area contributed by atoms with Gasteiger partial charge in [-0.25, -0.2) is 4.79 Å². The van der Waals surface area contributed by atoms with Gasteiger partial charge in [0.25, 0.3) is 0 Å². The Balaban J connectivity index is 2.54. The predicted molar refractivity (Wildman–Crippen MR) is 46.4 cm³/mol. The summed E-state index contributed by atoms with van der Waals surface area (Å²) in [5.74, 6) is 0. The Morgan fingerprint density at radius 1 is 1.33 bits per heavy atom. The summed E-state index contributed by atoms with van der Waals surface area (Å²) in [6.07, 6.45) is -6.19. The highest BCUT2D eigenvalue weighted by atomic mass is 16.6. The van der Waals surface area contributed by atoms with Gasteiger partial charge in [-0.3, -0.25) is 0 Å². The van der Waals surface area contributed by atoms with Crippen LogP contribution in [0.5, 0.6) is 0 Å². The molecule has 1 aliphatic rings. The first-order chi connectivity index (χ1) is 6.93. The monoisotopic (exact) mass is 222 g/mol. The minimum absolute atomic E-state index is 0.339. The molecule has 0 bridgehead atoms. The number of primary amides is 1. The van der Waals surface area contributed by atoms with Gasteiger partial charge in [0.1, 0.15) is 24.9 Å². The topological polar surface area (TPSA) is 148 Å². The lowest BCUT2D eigenvalue weighted by atomic mass is 9.97. The lowest BCUT2D eigenvalue weighted by molar-refractivity contribution is -0.257. The van der Waals surface area contributed by atoms with Crippen LogP contribution in [0.2, 0.25) is 0 Å². The van der Waals surface area contributed by atoms with Crippen LogP contribution in [0.3, 0.4) is 0 Å². The van der Waals surface area contributed by atoms with Gasteiger partial charge < -0.3 is 36.3 Å². The highest BCUT2D eigenvalue weighted by molar-refractivity contribution is 5.64. The van der Waals surface area contributed by atoms with E-state index in [4.69, 9.17) is 21.3 Å². The summed E-state index contributed by atoms with van der Waals surface area (Å²) in [6, 6.07) is -1.07. The van der Waals surface area contributed by atoms with Crippen LogP contribution < -0.4 is 11.5 Å². The van der Waals surface area contributed by atoms with Crippen molar-refractivity contribution in [2.75, 3.05) is 6.61 Å². The van der Waals surface area contributed by atoms with Gasteiger partial charge in [0.05, 0.1) is 6.04 Å². The van der Waals surface area contributed by atoms with Gasteiger partial charge in [-0.1, -0.05) is 0 Å². The maximum absolute atomic E-state index is 10.3. The minimum atomic E-state index is -1.52. The molecule has 0 aromatic heterocycles. The van der Waals surface area contributed by atoms with E-state index in [0.29, 0.717) is 0 Å². The number of carbonyl (C=O) groups excluding carboxylic acids is 1. The molecule has 1 amide bonds. The first kappa shape index (κ1) is 12.1. The van der Waals surface area contributed by atoms with Crippen LogP contribution in [0.15, 0.2) is 0 Å². The largest absolute Gasteiger partial charge is 0.447 e.